The number of hydrogen-bond acceptors (Lipinski definition) is 1. The van der Waals surface area contributed by atoms with Crippen LogP contribution in [-0.2, 0) is 6.42 Å². The maximum absolute atomic E-state index is 11.9. The molecule has 1 nitrogen and oxygen atoms in total. The van der Waals surface area contributed by atoms with E-state index in [0.717, 1.165) is 23.9 Å². The molecule has 0 saturated heterocycles. The molecule has 0 bridgehead atoms. The lowest BCUT2D eigenvalue weighted by molar-refractivity contribution is 0.0980. The Balaban J connectivity index is 1.82. The Morgan fingerprint density at radius 2 is 1.61 bits per heavy atom. The molecule has 0 unspecified atom stereocenters. The van der Waals surface area contributed by atoms with Crippen molar-refractivity contribution in [3.63, 3.8) is 0 Å². The van der Waals surface area contributed by atoms with E-state index in [2.05, 4.69) is 0 Å². The maximum atomic E-state index is 11.9. The van der Waals surface area contributed by atoms with Crippen LogP contribution >= 0.6 is 0 Å². The number of aryl methyl sites for hydroxylation is 1. The number of carbonyl (C=O) groups is 1. The van der Waals surface area contributed by atoms with Crippen molar-refractivity contribution >= 4 is 19.1 Å². The molecular weight excluding hydrogens is 219 g/mol. The van der Waals surface area contributed by atoms with Crippen molar-refractivity contribution in [3.8, 4) is 0 Å². The van der Waals surface area contributed by atoms with Gasteiger partial charge in [0, 0.05) is 12.0 Å². The van der Waals surface area contributed by atoms with Crippen LogP contribution in [0.3, 0.4) is 0 Å². The van der Waals surface area contributed by atoms with Crippen LogP contribution in [-0.4, -0.2) is 13.6 Å². The van der Waals surface area contributed by atoms with E-state index < -0.39 is 0 Å². The predicted molar refractivity (Wildman–Crippen MR) is 75.5 cm³/mol. The van der Waals surface area contributed by atoms with Crippen molar-refractivity contribution in [1.82, 2.24) is 0 Å². The molecule has 0 fully saturated rings. The van der Waals surface area contributed by atoms with Crippen molar-refractivity contribution in [1.29, 1.82) is 0 Å². The van der Waals surface area contributed by atoms with Crippen LogP contribution < -0.4 is 5.46 Å². The summed E-state index contributed by atoms with van der Waals surface area (Å²) in [5, 5.41) is 0. The molecule has 0 spiro atoms. The van der Waals surface area contributed by atoms with E-state index in [-0.39, 0.29) is 5.78 Å². The van der Waals surface area contributed by atoms with Gasteiger partial charge in [0.05, 0.1) is 0 Å². The Kier molecular flexibility index (Phi) is 4.35. The van der Waals surface area contributed by atoms with Gasteiger partial charge < -0.3 is 0 Å². The summed E-state index contributed by atoms with van der Waals surface area (Å²) < 4.78 is 0. The first-order valence-electron chi connectivity index (χ1n) is 6.18. The third-order valence-electron chi connectivity index (χ3n) is 2.94. The third-order valence-corrected chi connectivity index (χ3v) is 2.94. The first kappa shape index (κ1) is 12.6. The number of hydrogen-bond donors (Lipinski definition) is 0. The minimum atomic E-state index is 0.214. The monoisotopic (exact) mass is 234 g/mol. The van der Waals surface area contributed by atoms with Gasteiger partial charge in [-0.25, -0.2) is 0 Å². The second-order valence-corrected chi connectivity index (χ2v) is 4.38. The lowest BCUT2D eigenvalue weighted by Crippen LogP contribution is -2.02. The first-order chi connectivity index (χ1) is 8.75. The fourth-order valence-corrected chi connectivity index (χ4v) is 1.91. The molecule has 2 heteroatoms. The van der Waals surface area contributed by atoms with Crippen LogP contribution in [0.25, 0.3) is 0 Å². The van der Waals surface area contributed by atoms with Gasteiger partial charge in [0.15, 0.2) is 5.78 Å². The quantitative estimate of drug-likeness (QED) is 0.574. The van der Waals surface area contributed by atoms with E-state index >= 15 is 0 Å². The third kappa shape index (κ3) is 3.59. The van der Waals surface area contributed by atoms with Gasteiger partial charge >= 0.3 is 0 Å². The molecule has 2 aromatic carbocycles. The topological polar surface area (TPSA) is 17.1 Å². The van der Waals surface area contributed by atoms with Gasteiger partial charge in [-0.3, -0.25) is 4.79 Å². The van der Waals surface area contributed by atoms with Crippen molar-refractivity contribution in [2.75, 3.05) is 0 Å². The summed E-state index contributed by atoms with van der Waals surface area (Å²) in [6.07, 6.45) is 2.38. The molecule has 18 heavy (non-hydrogen) atoms. The number of carbonyl (C=O) groups excluding carboxylic acids is 1. The summed E-state index contributed by atoms with van der Waals surface area (Å²) in [6, 6.07) is 17.3. The largest absolute Gasteiger partial charge is 0.294 e. The van der Waals surface area contributed by atoms with Gasteiger partial charge in [0.1, 0.15) is 7.85 Å². The van der Waals surface area contributed by atoms with Crippen molar-refractivity contribution in [3.05, 3.63) is 65.7 Å². The maximum Gasteiger partial charge on any atom is 0.162 e. The molecule has 0 N–H and O–H groups in total. The minimum absolute atomic E-state index is 0.214. The van der Waals surface area contributed by atoms with E-state index in [0.29, 0.717) is 6.42 Å². The molecule has 0 aliphatic heterocycles. The number of rotatable bonds is 5. The molecule has 0 heterocycles. The van der Waals surface area contributed by atoms with Crippen LogP contribution in [0, 0.1) is 0 Å². The van der Waals surface area contributed by atoms with Crippen LogP contribution in [0.2, 0.25) is 0 Å². The summed E-state index contributed by atoms with van der Waals surface area (Å²) in [6.45, 7) is 0. The van der Waals surface area contributed by atoms with Gasteiger partial charge in [0.2, 0.25) is 0 Å². The Morgan fingerprint density at radius 1 is 0.944 bits per heavy atom. The van der Waals surface area contributed by atoms with E-state index in [1.54, 1.807) is 0 Å². The molecule has 2 aromatic rings. The molecule has 0 aliphatic carbocycles. The molecular formula is C16H15BO. The van der Waals surface area contributed by atoms with Gasteiger partial charge in [-0.05, 0) is 18.4 Å². The smallest absolute Gasteiger partial charge is 0.162 e. The lowest BCUT2D eigenvalue weighted by Gasteiger charge is -2.02. The zero-order chi connectivity index (χ0) is 12.8. The van der Waals surface area contributed by atoms with Gasteiger partial charge in [0.25, 0.3) is 0 Å². The van der Waals surface area contributed by atoms with Crippen LogP contribution in [0.4, 0.5) is 0 Å². The summed E-state index contributed by atoms with van der Waals surface area (Å²) >= 11 is 0. The van der Waals surface area contributed by atoms with Crippen LogP contribution in [0.1, 0.15) is 28.8 Å². The summed E-state index contributed by atoms with van der Waals surface area (Å²) in [5.41, 5.74) is 2.80. The van der Waals surface area contributed by atoms with E-state index in [9.17, 15) is 4.79 Å². The predicted octanol–water partition coefficient (Wildman–Crippen LogP) is 2.69. The van der Waals surface area contributed by atoms with E-state index in [1.165, 1.54) is 5.56 Å². The average Bonchev–Trinajstić information content (AvgIpc) is 2.42. The normalized spacial score (nSPS) is 10.2. The van der Waals surface area contributed by atoms with Gasteiger partial charge in [-0.15, -0.1) is 0 Å². The number of Topliss-reactive ketones (excluding diaryl/α,β-unsaturated/α-hetero) is 1. The van der Waals surface area contributed by atoms with Crippen molar-refractivity contribution < 1.29 is 4.79 Å². The van der Waals surface area contributed by atoms with Crippen molar-refractivity contribution in [2.24, 2.45) is 0 Å². The summed E-state index contributed by atoms with van der Waals surface area (Å²) in [4.78, 5) is 11.9. The number of ketones is 1. The highest BCUT2D eigenvalue weighted by Gasteiger charge is 2.04. The Morgan fingerprint density at radius 3 is 2.28 bits per heavy atom. The zero-order valence-corrected chi connectivity index (χ0v) is 10.3. The molecule has 0 amide bonds. The fourth-order valence-electron chi connectivity index (χ4n) is 1.91. The lowest BCUT2D eigenvalue weighted by atomic mass is 9.94. The second kappa shape index (κ2) is 6.20. The second-order valence-electron chi connectivity index (χ2n) is 4.38. The Labute approximate surface area is 109 Å². The highest BCUT2D eigenvalue weighted by atomic mass is 16.1. The molecule has 0 aliphatic rings. The standard InChI is InChI=1S/C16H15BO/c17-15-11-9-13(10-12-15)5-4-8-16(18)14-6-2-1-3-7-14/h1-3,6-7,9-12H,4-5,8H2. The fraction of sp³-hybridized carbons (Fsp3) is 0.188. The summed E-state index contributed by atoms with van der Waals surface area (Å²) in [7, 11) is 5.63. The van der Waals surface area contributed by atoms with E-state index in [4.69, 9.17) is 7.85 Å². The first-order valence-corrected chi connectivity index (χ1v) is 6.18. The van der Waals surface area contributed by atoms with Crippen molar-refractivity contribution in [2.45, 2.75) is 19.3 Å². The van der Waals surface area contributed by atoms with Crippen LogP contribution in [0.15, 0.2) is 54.6 Å². The van der Waals surface area contributed by atoms with Gasteiger partial charge in [-0.1, -0.05) is 60.1 Å². The number of benzene rings is 2. The van der Waals surface area contributed by atoms with Crippen LogP contribution in [0.5, 0.6) is 0 Å². The molecule has 88 valence electrons. The zero-order valence-electron chi connectivity index (χ0n) is 10.3. The average molecular weight is 234 g/mol. The molecule has 0 aromatic heterocycles. The highest BCUT2D eigenvalue weighted by molar-refractivity contribution is 6.32. The molecule has 2 radical (unpaired) electrons. The Bertz CT molecular complexity index is 502. The van der Waals surface area contributed by atoms with Gasteiger partial charge in [-0.2, -0.15) is 0 Å². The van der Waals surface area contributed by atoms with E-state index in [1.807, 2.05) is 54.6 Å². The SMILES string of the molecule is [B]c1ccc(CCCC(=O)c2ccccc2)cc1. The Hall–Kier alpha value is -1.83. The highest BCUT2D eigenvalue weighted by Crippen LogP contribution is 2.08. The molecule has 0 atom stereocenters. The molecule has 0 saturated carbocycles. The minimum Gasteiger partial charge on any atom is -0.294 e. The molecule has 2 rings (SSSR count). The summed E-state index contributed by atoms with van der Waals surface area (Å²) in [5.74, 6) is 0.214.